The Hall–Kier alpha value is -0.740. The van der Waals surface area contributed by atoms with Gasteiger partial charge in [-0.1, -0.05) is 24.3 Å². The number of rotatable bonds is 2. The second kappa shape index (κ2) is 3.33. The van der Waals surface area contributed by atoms with E-state index in [4.69, 9.17) is 11.5 Å². The van der Waals surface area contributed by atoms with Gasteiger partial charge in [-0.25, -0.2) is 8.78 Å². The minimum Gasteiger partial charge on any atom is -0.323 e. The normalized spacial score (nSPS) is 34.6. The van der Waals surface area contributed by atoms with Crippen LogP contribution in [0.1, 0.15) is 6.42 Å². The number of hydrogen-bond acceptors (Lipinski definition) is 2. The first kappa shape index (κ1) is 9.35. The fraction of sp³-hybridized carbons (Fsp3) is 0.500. The van der Waals surface area contributed by atoms with E-state index >= 15 is 0 Å². The summed E-state index contributed by atoms with van der Waals surface area (Å²) in [5.41, 5.74) is 10.1. The molecule has 0 aromatic heterocycles. The first-order chi connectivity index (χ1) is 5.54. The molecule has 0 aliphatic heterocycles. The molecule has 0 bridgehead atoms. The Morgan fingerprint density at radius 1 is 1.42 bits per heavy atom. The number of halogens is 2. The maximum absolute atomic E-state index is 12.0. The van der Waals surface area contributed by atoms with Gasteiger partial charge in [0, 0.05) is 12.5 Å². The van der Waals surface area contributed by atoms with Crippen molar-refractivity contribution in [3.8, 4) is 0 Å². The van der Waals surface area contributed by atoms with E-state index in [2.05, 4.69) is 0 Å². The maximum Gasteiger partial charge on any atom is 0.240 e. The van der Waals surface area contributed by atoms with E-state index < -0.39 is 24.4 Å². The first-order valence-electron chi connectivity index (χ1n) is 3.73. The van der Waals surface area contributed by atoms with E-state index in [0.717, 1.165) is 0 Å². The van der Waals surface area contributed by atoms with Crippen LogP contribution < -0.4 is 11.5 Å². The molecule has 2 atom stereocenters. The highest BCUT2D eigenvalue weighted by Crippen LogP contribution is 2.21. The van der Waals surface area contributed by atoms with Gasteiger partial charge in [0.15, 0.2) is 0 Å². The summed E-state index contributed by atoms with van der Waals surface area (Å²) in [5, 5.41) is 0. The van der Waals surface area contributed by atoms with Crippen LogP contribution in [0, 0.1) is 0 Å². The SMILES string of the molecule is NC1C=CC=CC1(N)CC(F)F. The molecule has 0 aromatic rings. The van der Waals surface area contributed by atoms with Crippen molar-refractivity contribution in [3.63, 3.8) is 0 Å². The minimum absolute atomic E-state index is 0.394. The van der Waals surface area contributed by atoms with Gasteiger partial charge >= 0.3 is 0 Å². The van der Waals surface area contributed by atoms with Crippen LogP contribution in [0.3, 0.4) is 0 Å². The van der Waals surface area contributed by atoms with Crippen molar-refractivity contribution in [2.45, 2.75) is 24.4 Å². The van der Waals surface area contributed by atoms with Gasteiger partial charge in [-0.3, -0.25) is 0 Å². The first-order valence-corrected chi connectivity index (χ1v) is 3.73. The van der Waals surface area contributed by atoms with Crippen molar-refractivity contribution < 1.29 is 8.78 Å². The summed E-state index contributed by atoms with van der Waals surface area (Å²) in [5.74, 6) is 0. The van der Waals surface area contributed by atoms with Gasteiger partial charge in [-0.15, -0.1) is 0 Å². The summed E-state index contributed by atoms with van der Waals surface area (Å²) in [6.07, 6.45) is 3.70. The average Bonchev–Trinajstić information content (AvgIpc) is 1.94. The van der Waals surface area contributed by atoms with Crippen LogP contribution in [0.2, 0.25) is 0 Å². The fourth-order valence-electron chi connectivity index (χ4n) is 1.18. The Bertz CT molecular complexity index is 213. The third-order valence-electron chi connectivity index (χ3n) is 1.96. The summed E-state index contributed by atoms with van der Waals surface area (Å²) in [6, 6.07) is -0.517. The molecule has 4 N–H and O–H groups in total. The lowest BCUT2D eigenvalue weighted by Gasteiger charge is -2.32. The number of nitrogens with two attached hydrogens (primary N) is 2. The highest BCUT2D eigenvalue weighted by molar-refractivity contribution is 5.26. The van der Waals surface area contributed by atoms with E-state index in [1.54, 1.807) is 18.2 Å². The third-order valence-corrected chi connectivity index (χ3v) is 1.96. The molecule has 1 aliphatic carbocycles. The summed E-state index contributed by atoms with van der Waals surface area (Å²) in [7, 11) is 0. The van der Waals surface area contributed by atoms with Crippen LogP contribution in [-0.2, 0) is 0 Å². The second-order valence-corrected chi connectivity index (χ2v) is 2.98. The van der Waals surface area contributed by atoms with Crippen molar-refractivity contribution in [2.24, 2.45) is 11.5 Å². The quantitative estimate of drug-likeness (QED) is 0.650. The standard InChI is InChI=1S/C8H12F2N2/c9-7(10)5-8(12)4-2-1-3-6(8)11/h1-4,6-7H,5,11-12H2. The van der Waals surface area contributed by atoms with Crippen molar-refractivity contribution in [3.05, 3.63) is 24.3 Å². The molecule has 0 saturated heterocycles. The monoisotopic (exact) mass is 174 g/mol. The fourth-order valence-corrected chi connectivity index (χ4v) is 1.18. The van der Waals surface area contributed by atoms with Crippen molar-refractivity contribution in [1.29, 1.82) is 0 Å². The minimum atomic E-state index is -2.42. The Morgan fingerprint density at radius 2 is 2.08 bits per heavy atom. The van der Waals surface area contributed by atoms with Crippen molar-refractivity contribution >= 4 is 0 Å². The Labute approximate surface area is 69.9 Å². The van der Waals surface area contributed by atoms with E-state index in [9.17, 15) is 8.78 Å². The Balaban J connectivity index is 2.69. The van der Waals surface area contributed by atoms with Gasteiger partial charge in [0.25, 0.3) is 0 Å². The second-order valence-electron chi connectivity index (χ2n) is 2.98. The molecule has 0 saturated carbocycles. The zero-order valence-corrected chi connectivity index (χ0v) is 6.58. The molecule has 2 unspecified atom stereocenters. The van der Waals surface area contributed by atoms with Crippen LogP contribution in [0.25, 0.3) is 0 Å². The smallest absolute Gasteiger partial charge is 0.240 e. The summed E-state index contributed by atoms with van der Waals surface area (Å²) >= 11 is 0. The molecule has 0 amide bonds. The lowest BCUT2D eigenvalue weighted by atomic mass is 9.85. The molecule has 1 aliphatic rings. The van der Waals surface area contributed by atoms with Crippen molar-refractivity contribution in [1.82, 2.24) is 0 Å². The molecule has 4 heteroatoms. The van der Waals surface area contributed by atoms with Crippen molar-refractivity contribution in [2.75, 3.05) is 0 Å². The molecule has 2 nitrogen and oxygen atoms in total. The zero-order valence-electron chi connectivity index (χ0n) is 6.58. The highest BCUT2D eigenvalue weighted by atomic mass is 19.3. The largest absolute Gasteiger partial charge is 0.323 e. The lowest BCUT2D eigenvalue weighted by molar-refractivity contribution is 0.112. The molecule has 0 spiro atoms. The van der Waals surface area contributed by atoms with Crippen LogP contribution >= 0.6 is 0 Å². The summed E-state index contributed by atoms with van der Waals surface area (Å²) in [4.78, 5) is 0. The van der Waals surface area contributed by atoms with Crippen LogP contribution in [0.4, 0.5) is 8.78 Å². The van der Waals surface area contributed by atoms with Crippen LogP contribution in [0.5, 0.6) is 0 Å². The summed E-state index contributed by atoms with van der Waals surface area (Å²) in [6.45, 7) is 0. The Kier molecular flexibility index (Phi) is 2.59. The van der Waals surface area contributed by atoms with Crippen LogP contribution in [-0.4, -0.2) is 18.0 Å². The predicted octanol–water partition coefficient (Wildman–Crippen LogP) is 0.792. The maximum atomic E-state index is 12.0. The predicted molar refractivity (Wildman–Crippen MR) is 43.8 cm³/mol. The van der Waals surface area contributed by atoms with Gasteiger partial charge in [0.1, 0.15) is 0 Å². The molecule has 68 valence electrons. The van der Waals surface area contributed by atoms with Gasteiger partial charge in [-0.05, 0) is 0 Å². The average molecular weight is 174 g/mol. The molecular formula is C8H12F2N2. The third kappa shape index (κ3) is 1.89. The van der Waals surface area contributed by atoms with Gasteiger partial charge in [-0.2, -0.15) is 0 Å². The van der Waals surface area contributed by atoms with E-state index in [0.29, 0.717) is 0 Å². The van der Waals surface area contributed by atoms with E-state index in [1.807, 2.05) is 0 Å². The topological polar surface area (TPSA) is 52.0 Å². The molecule has 0 fully saturated rings. The molecule has 1 rings (SSSR count). The van der Waals surface area contributed by atoms with Gasteiger partial charge in [0.2, 0.25) is 6.43 Å². The number of hydrogen-bond donors (Lipinski definition) is 2. The number of alkyl halides is 2. The molecule has 0 heterocycles. The molecular weight excluding hydrogens is 162 g/mol. The van der Waals surface area contributed by atoms with E-state index in [1.165, 1.54) is 6.08 Å². The molecule has 0 radical (unpaired) electrons. The Morgan fingerprint density at radius 3 is 2.58 bits per heavy atom. The zero-order chi connectivity index (χ0) is 9.19. The van der Waals surface area contributed by atoms with E-state index in [-0.39, 0.29) is 0 Å². The molecule has 12 heavy (non-hydrogen) atoms. The van der Waals surface area contributed by atoms with Crippen LogP contribution in [0.15, 0.2) is 24.3 Å². The molecule has 0 aromatic carbocycles. The van der Waals surface area contributed by atoms with Gasteiger partial charge < -0.3 is 11.5 Å². The highest BCUT2D eigenvalue weighted by Gasteiger charge is 2.32. The van der Waals surface area contributed by atoms with Gasteiger partial charge in [0.05, 0.1) is 5.54 Å². The lowest BCUT2D eigenvalue weighted by Crippen LogP contribution is -2.54. The summed E-state index contributed by atoms with van der Waals surface area (Å²) < 4.78 is 24.1. The number of allylic oxidation sites excluding steroid dienone is 2.